The lowest BCUT2D eigenvalue weighted by Crippen LogP contribution is -2.06. The standard InChI is InChI=1S/C18H12ClNO3S/c19-14-4-1-11(2-5-14)15-6-3-13(10-20-15)17(23)18-12(7-8-24-18)9-16(21)22/h1-8,10H,9H2,(H,21,22). The molecule has 0 fully saturated rings. The molecule has 0 bridgehead atoms. The Morgan fingerprint density at radius 3 is 2.46 bits per heavy atom. The van der Waals surface area contributed by atoms with Crippen molar-refractivity contribution in [1.82, 2.24) is 4.98 Å². The molecule has 1 N–H and O–H groups in total. The SMILES string of the molecule is O=C(O)Cc1ccsc1C(=O)c1ccc(-c2ccc(Cl)cc2)nc1. The number of nitrogens with zero attached hydrogens (tertiary/aromatic N) is 1. The van der Waals surface area contributed by atoms with Gasteiger partial charge in [0, 0.05) is 22.3 Å². The van der Waals surface area contributed by atoms with Crippen LogP contribution in [0.5, 0.6) is 0 Å². The van der Waals surface area contributed by atoms with Gasteiger partial charge in [0.2, 0.25) is 5.78 Å². The van der Waals surface area contributed by atoms with Gasteiger partial charge in [-0.1, -0.05) is 23.7 Å². The van der Waals surface area contributed by atoms with Crippen molar-refractivity contribution in [2.75, 3.05) is 0 Å². The number of ketones is 1. The van der Waals surface area contributed by atoms with Crippen molar-refractivity contribution in [3.63, 3.8) is 0 Å². The summed E-state index contributed by atoms with van der Waals surface area (Å²) in [5.74, 6) is -1.17. The van der Waals surface area contributed by atoms with E-state index in [-0.39, 0.29) is 12.2 Å². The fourth-order valence-electron chi connectivity index (χ4n) is 2.29. The minimum absolute atomic E-state index is 0.166. The Morgan fingerprint density at radius 1 is 1.08 bits per heavy atom. The van der Waals surface area contributed by atoms with Crippen LogP contribution in [0.4, 0.5) is 0 Å². The topological polar surface area (TPSA) is 67.3 Å². The molecule has 0 radical (unpaired) electrons. The summed E-state index contributed by atoms with van der Waals surface area (Å²) in [6.07, 6.45) is 1.34. The van der Waals surface area contributed by atoms with Crippen LogP contribution >= 0.6 is 22.9 Å². The molecule has 0 aliphatic heterocycles. The van der Waals surface area contributed by atoms with E-state index in [1.165, 1.54) is 17.5 Å². The molecule has 3 rings (SSSR count). The lowest BCUT2D eigenvalue weighted by atomic mass is 10.1. The van der Waals surface area contributed by atoms with Gasteiger partial charge in [-0.25, -0.2) is 0 Å². The van der Waals surface area contributed by atoms with E-state index in [0.717, 1.165) is 11.3 Å². The minimum atomic E-state index is -0.960. The molecule has 0 amide bonds. The molecule has 0 saturated carbocycles. The van der Waals surface area contributed by atoms with Crippen LogP contribution in [0.25, 0.3) is 11.3 Å². The average Bonchev–Trinajstić information content (AvgIpc) is 3.02. The first-order valence-corrected chi connectivity index (χ1v) is 8.35. The highest BCUT2D eigenvalue weighted by Crippen LogP contribution is 2.23. The second-order valence-electron chi connectivity index (χ2n) is 5.11. The predicted octanol–water partition coefficient (Wildman–Crippen LogP) is 4.32. The molecule has 2 aromatic heterocycles. The summed E-state index contributed by atoms with van der Waals surface area (Å²) in [5, 5.41) is 11.3. The van der Waals surface area contributed by atoms with Crippen LogP contribution < -0.4 is 0 Å². The number of rotatable bonds is 5. The molecule has 0 unspecified atom stereocenters. The van der Waals surface area contributed by atoms with Crippen LogP contribution in [-0.4, -0.2) is 21.8 Å². The third-order valence-corrected chi connectivity index (χ3v) is 4.67. The Bertz CT molecular complexity index is 885. The van der Waals surface area contributed by atoms with E-state index >= 15 is 0 Å². The van der Waals surface area contributed by atoms with Crippen LogP contribution in [0.1, 0.15) is 20.8 Å². The lowest BCUT2D eigenvalue weighted by Gasteiger charge is -2.04. The van der Waals surface area contributed by atoms with Gasteiger partial charge in [-0.15, -0.1) is 11.3 Å². The monoisotopic (exact) mass is 357 g/mol. The van der Waals surface area contributed by atoms with E-state index in [1.807, 2.05) is 12.1 Å². The number of pyridine rings is 1. The summed E-state index contributed by atoms with van der Waals surface area (Å²) < 4.78 is 0. The van der Waals surface area contributed by atoms with Crippen LogP contribution in [0, 0.1) is 0 Å². The zero-order valence-corrected chi connectivity index (χ0v) is 14.0. The number of carboxylic acid groups (broad SMARTS) is 1. The number of thiophene rings is 1. The Morgan fingerprint density at radius 2 is 1.83 bits per heavy atom. The van der Waals surface area contributed by atoms with Gasteiger partial charge in [0.25, 0.3) is 0 Å². The lowest BCUT2D eigenvalue weighted by molar-refractivity contribution is -0.136. The molecule has 6 heteroatoms. The Labute approximate surface area is 147 Å². The highest BCUT2D eigenvalue weighted by atomic mass is 35.5. The first-order chi connectivity index (χ1) is 11.5. The van der Waals surface area contributed by atoms with Gasteiger partial charge in [-0.2, -0.15) is 0 Å². The first-order valence-electron chi connectivity index (χ1n) is 7.09. The van der Waals surface area contributed by atoms with Gasteiger partial charge in [0.15, 0.2) is 0 Å². The maximum Gasteiger partial charge on any atom is 0.307 e. The van der Waals surface area contributed by atoms with Crippen molar-refractivity contribution >= 4 is 34.7 Å². The van der Waals surface area contributed by atoms with Gasteiger partial charge in [0.1, 0.15) is 0 Å². The molecule has 3 aromatic rings. The predicted molar refractivity (Wildman–Crippen MR) is 93.8 cm³/mol. The summed E-state index contributed by atoms with van der Waals surface area (Å²) in [4.78, 5) is 28.2. The van der Waals surface area contributed by atoms with Crippen LogP contribution in [0.3, 0.4) is 0 Å². The third-order valence-electron chi connectivity index (χ3n) is 3.46. The van der Waals surface area contributed by atoms with E-state index in [4.69, 9.17) is 16.7 Å². The number of hydrogen-bond donors (Lipinski definition) is 1. The average molecular weight is 358 g/mol. The number of carbonyl (C=O) groups excluding carboxylic acids is 1. The zero-order chi connectivity index (χ0) is 17.1. The van der Waals surface area contributed by atoms with Gasteiger partial charge in [-0.05, 0) is 41.3 Å². The molecule has 0 atom stereocenters. The molecular formula is C18H12ClNO3S. The zero-order valence-electron chi connectivity index (χ0n) is 12.4. The second kappa shape index (κ2) is 6.95. The fraction of sp³-hybridized carbons (Fsp3) is 0.0556. The number of benzene rings is 1. The largest absolute Gasteiger partial charge is 0.481 e. The van der Waals surface area contributed by atoms with Gasteiger partial charge >= 0.3 is 5.97 Å². The number of carboxylic acids is 1. The van der Waals surface area contributed by atoms with Crippen molar-refractivity contribution in [3.8, 4) is 11.3 Å². The van der Waals surface area contributed by atoms with E-state index in [0.29, 0.717) is 21.0 Å². The highest BCUT2D eigenvalue weighted by Gasteiger charge is 2.17. The van der Waals surface area contributed by atoms with Crippen molar-refractivity contribution in [1.29, 1.82) is 0 Å². The third kappa shape index (κ3) is 3.53. The van der Waals surface area contributed by atoms with E-state index < -0.39 is 5.97 Å². The van der Waals surface area contributed by atoms with Crippen molar-refractivity contribution in [2.24, 2.45) is 0 Å². The van der Waals surface area contributed by atoms with Crippen LogP contribution in [0.15, 0.2) is 54.0 Å². The Hall–Kier alpha value is -2.50. The molecule has 2 heterocycles. The normalized spacial score (nSPS) is 10.5. The van der Waals surface area contributed by atoms with Crippen molar-refractivity contribution in [3.05, 3.63) is 75.1 Å². The molecule has 4 nitrogen and oxygen atoms in total. The smallest absolute Gasteiger partial charge is 0.307 e. The number of aromatic nitrogens is 1. The summed E-state index contributed by atoms with van der Waals surface area (Å²) in [6.45, 7) is 0. The van der Waals surface area contributed by atoms with Crippen molar-refractivity contribution < 1.29 is 14.7 Å². The summed E-state index contributed by atoms with van der Waals surface area (Å²) in [7, 11) is 0. The maximum atomic E-state index is 12.6. The van der Waals surface area contributed by atoms with Crippen molar-refractivity contribution in [2.45, 2.75) is 6.42 Å². The molecular weight excluding hydrogens is 346 g/mol. The molecule has 0 aliphatic carbocycles. The molecule has 24 heavy (non-hydrogen) atoms. The van der Waals surface area contributed by atoms with E-state index in [2.05, 4.69) is 4.98 Å². The quantitative estimate of drug-likeness (QED) is 0.690. The first kappa shape index (κ1) is 16.4. The number of carbonyl (C=O) groups is 2. The van der Waals surface area contributed by atoms with Crippen LogP contribution in [-0.2, 0) is 11.2 Å². The van der Waals surface area contributed by atoms with Gasteiger partial charge < -0.3 is 5.11 Å². The van der Waals surface area contributed by atoms with E-state index in [1.54, 1.807) is 35.7 Å². The molecule has 0 saturated heterocycles. The summed E-state index contributed by atoms with van der Waals surface area (Å²) >= 11 is 7.11. The number of halogens is 1. The molecule has 1 aromatic carbocycles. The van der Waals surface area contributed by atoms with Crippen LogP contribution in [0.2, 0.25) is 5.02 Å². The second-order valence-corrected chi connectivity index (χ2v) is 6.47. The molecule has 0 aliphatic rings. The Balaban J connectivity index is 1.85. The number of hydrogen-bond acceptors (Lipinski definition) is 4. The molecule has 0 spiro atoms. The number of aliphatic carboxylic acids is 1. The van der Waals surface area contributed by atoms with E-state index in [9.17, 15) is 9.59 Å². The molecule has 120 valence electrons. The van der Waals surface area contributed by atoms with Gasteiger partial charge in [-0.3, -0.25) is 14.6 Å². The fourth-order valence-corrected chi connectivity index (χ4v) is 3.30. The maximum absolute atomic E-state index is 12.6. The van der Waals surface area contributed by atoms with Gasteiger partial charge in [0.05, 0.1) is 17.0 Å². The highest BCUT2D eigenvalue weighted by molar-refractivity contribution is 7.12. The minimum Gasteiger partial charge on any atom is -0.481 e. The summed E-state index contributed by atoms with van der Waals surface area (Å²) in [5.41, 5.74) is 2.60. The summed E-state index contributed by atoms with van der Waals surface area (Å²) in [6, 6.07) is 12.4. The Kier molecular flexibility index (Phi) is 4.74.